The molecule has 1 aromatic rings. The third kappa shape index (κ3) is 4.08. The van der Waals surface area contributed by atoms with Crippen molar-refractivity contribution in [2.24, 2.45) is 0 Å². The van der Waals surface area contributed by atoms with Crippen LogP contribution in [-0.2, 0) is 20.7 Å². The summed E-state index contributed by atoms with van der Waals surface area (Å²) in [6, 6.07) is 7.23. The topological polar surface area (TPSA) is 55.8 Å². The van der Waals surface area contributed by atoms with Gasteiger partial charge in [0.15, 0.2) is 0 Å². The highest BCUT2D eigenvalue weighted by atomic mass is 16.5. The number of nitrogens with zero attached hydrogens (tertiary/aromatic N) is 1. The fourth-order valence-electron chi connectivity index (χ4n) is 1.40. The van der Waals surface area contributed by atoms with Crippen molar-refractivity contribution in [3.05, 3.63) is 29.8 Å². The van der Waals surface area contributed by atoms with Crippen LogP contribution in [0, 0.1) is 0 Å². The van der Waals surface area contributed by atoms with E-state index in [9.17, 15) is 9.59 Å². The average molecular weight is 251 g/mol. The summed E-state index contributed by atoms with van der Waals surface area (Å²) in [6.07, 6.45) is 0.248. The van der Waals surface area contributed by atoms with Gasteiger partial charge in [-0.05, 0) is 17.7 Å². The van der Waals surface area contributed by atoms with Crippen LogP contribution < -0.4 is 4.74 Å². The van der Waals surface area contributed by atoms with Gasteiger partial charge in [-0.15, -0.1) is 0 Å². The van der Waals surface area contributed by atoms with Crippen molar-refractivity contribution in [3.8, 4) is 5.75 Å². The molecular weight excluding hydrogens is 234 g/mol. The lowest BCUT2D eigenvalue weighted by atomic mass is 10.1. The molecule has 0 unspecified atom stereocenters. The largest absolute Gasteiger partial charge is 0.497 e. The summed E-state index contributed by atoms with van der Waals surface area (Å²) in [4.78, 5) is 24.2. The number of amides is 1. The molecular formula is C13H17NO4. The normalized spacial score (nSPS) is 9.72. The van der Waals surface area contributed by atoms with Crippen molar-refractivity contribution in [1.82, 2.24) is 4.90 Å². The molecule has 0 spiro atoms. The summed E-state index contributed by atoms with van der Waals surface area (Å²) in [7, 11) is 4.46. The van der Waals surface area contributed by atoms with E-state index in [1.165, 1.54) is 12.0 Å². The van der Waals surface area contributed by atoms with E-state index in [2.05, 4.69) is 4.74 Å². The highest BCUT2D eigenvalue weighted by molar-refractivity contribution is 5.83. The molecule has 98 valence electrons. The lowest BCUT2D eigenvalue weighted by Gasteiger charge is -2.15. The highest BCUT2D eigenvalue weighted by Gasteiger charge is 2.13. The summed E-state index contributed by atoms with van der Waals surface area (Å²) in [5, 5.41) is 0. The van der Waals surface area contributed by atoms with Crippen molar-refractivity contribution in [2.75, 3.05) is 27.8 Å². The number of benzene rings is 1. The molecule has 0 saturated heterocycles. The first kappa shape index (κ1) is 14.0. The number of hydrogen-bond donors (Lipinski definition) is 0. The van der Waals surface area contributed by atoms with E-state index >= 15 is 0 Å². The highest BCUT2D eigenvalue weighted by Crippen LogP contribution is 2.12. The third-order valence-electron chi connectivity index (χ3n) is 2.53. The van der Waals surface area contributed by atoms with Crippen molar-refractivity contribution in [3.63, 3.8) is 0 Å². The minimum atomic E-state index is -0.430. The molecule has 0 N–H and O–H groups in total. The maximum Gasteiger partial charge on any atom is 0.325 e. The SMILES string of the molecule is COC(=O)CN(C)C(=O)Cc1ccc(OC)cc1. The van der Waals surface area contributed by atoms with E-state index in [1.807, 2.05) is 12.1 Å². The van der Waals surface area contributed by atoms with Crippen LogP contribution >= 0.6 is 0 Å². The van der Waals surface area contributed by atoms with Gasteiger partial charge in [0.2, 0.25) is 5.91 Å². The maximum atomic E-state index is 11.8. The number of likely N-dealkylation sites (N-methyl/N-ethyl adjacent to an activating group) is 1. The molecule has 1 amide bonds. The molecule has 1 aromatic carbocycles. The Bertz CT molecular complexity index is 414. The molecule has 0 aliphatic heterocycles. The molecule has 0 bridgehead atoms. The average Bonchev–Trinajstić information content (AvgIpc) is 2.39. The van der Waals surface area contributed by atoms with Gasteiger partial charge < -0.3 is 14.4 Å². The Balaban J connectivity index is 2.55. The van der Waals surface area contributed by atoms with Gasteiger partial charge in [0.05, 0.1) is 20.6 Å². The summed E-state index contributed by atoms with van der Waals surface area (Å²) in [6.45, 7) is -0.0362. The zero-order valence-corrected chi connectivity index (χ0v) is 10.8. The predicted molar refractivity (Wildman–Crippen MR) is 66.4 cm³/mol. The standard InChI is InChI=1S/C13H17NO4/c1-14(9-13(16)18-3)12(15)8-10-4-6-11(17-2)7-5-10/h4-7H,8-9H2,1-3H3. The Labute approximate surface area is 106 Å². The molecule has 0 saturated carbocycles. The Kier molecular flexibility index (Phi) is 5.17. The van der Waals surface area contributed by atoms with Gasteiger partial charge in [-0.1, -0.05) is 12.1 Å². The van der Waals surface area contributed by atoms with Crippen LogP contribution in [0.4, 0.5) is 0 Å². The molecule has 0 aliphatic carbocycles. The molecule has 0 fully saturated rings. The predicted octanol–water partition coefficient (Wildman–Crippen LogP) is 0.869. The first-order chi connectivity index (χ1) is 8.56. The number of esters is 1. The quantitative estimate of drug-likeness (QED) is 0.729. The number of hydrogen-bond acceptors (Lipinski definition) is 4. The van der Waals surface area contributed by atoms with E-state index in [4.69, 9.17) is 4.74 Å². The first-order valence-electron chi connectivity index (χ1n) is 5.50. The van der Waals surface area contributed by atoms with E-state index in [-0.39, 0.29) is 18.9 Å². The monoisotopic (exact) mass is 251 g/mol. The second kappa shape index (κ2) is 6.64. The van der Waals surface area contributed by atoms with Crippen LogP contribution in [0.1, 0.15) is 5.56 Å². The van der Waals surface area contributed by atoms with Crippen molar-refractivity contribution in [1.29, 1.82) is 0 Å². The van der Waals surface area contributed by atoms with Crippen LogP contribution in [0.3, 0.4) is 0 Å². The number of ether oxygens (including phenoxy) is 2. The maximum absolute atomic E-state index is 11.8. The van der Waals surface area contributed by atoms with Gasteiger partial charge in [0, 0.05) is 7.05 Å². The zero-order valence-electron chi connectivity index (χ0n) is 10.8. The molecule has 18 heavy (non-hydrogen) atoms. The van der Waals surface area contributed by atoms with Crippen molar-refractivity contribution >= 4 is 11.9 Å². The van der Waals surface area contributed by atoms with Crippen molar-refractivity contribution in [2.45, 2.75) is 6.42 Å². The molecule has 0 radical (unpaired) electrons. The number of rotatable bonds is 5. The van der Waals surface area contributed by atoms with Crippen LogP contribution in [0.2, 0.25) is 0 Å². The second-order valence-corrected chi connectivity index (χ2v) is 3.85. The molecule has 5 nitrogen and oxygen atoms in total. The Morgan fingerprint density at radius 3 is 2.28 bits per heavy atom. The van der Waals surface area contributed by atoms with Gasteiger partial charge in [0.1, 0.15) is 12.3 Å². The van der Waals surface area contributed by atoms with E-state index in [0.29, 0.717) is 0 Å². The first-order valence-corrected chi connectivity index (χ1v) is 5.50. The lowest BCUT2D eigenvalue weighted by molar-refractivity contribution is -0.145. The summed E-state index contributed by atoms with van der Waals surface area (Å²) >= 11 is 0. The van der Waals surface area contributed by atoms with Gasteiger partial charge in [-0.3, -0.25) is 9.59 Å². The summed E-state index contributed by atoms with van der Waals surface area (Å²) < 4.78 is 9.53. The van der Waals surface area contributed by atoms with Gasteiger partial charge >= 0.3 is 5.97 Å². The third-order valence-corrected chi connectivity index (χ3v) is 2.53. The molecule has 0 atom stereocenters. The smallest absolute Gasteiger partial charge is 0.325 e. The summed E-state index contributed by atoms with van der Waals surface area (Å²) in [5.41, 5.74) is 0.873. The molecule has 0 aromatic heterocycles. The zero-order chi connectivity index (χ0) is 13.5. The fourth-order valence-corrected chi connectivity index (χ4v) is 1.40. The van der Waals surface area contributed by atoms with Crippen LogP contribution in [-0.4, -0.2) is 44.6 Å². The Morgan fingerprint density at radius 2 is 1.78 bits per heavy atom. The van der Waals surface area contributed by atoms with Gasteiger partial charge in [-0.25, -0.2) is 0 Å². The fraction of sp³-hybridized carbons (Fsp3) is 0.385. The van der Waals surface area contributed by atoms with Crippen LogP contribution in [0.25, 0.3) is 0 Å². The minimum absolute atomic E-state index is 0.0362. The minimum Gasteiger partial charge on any atom is -0.497 e. The lowest BCUT2D eigenvalue weighted by Crippen LogP contribution is -2.33. The van der Waals surface area contributed by atoms with E-state index in [1.54, 1.807) is 26.3 Å². The van der Waals surface area contributed by atoms with E-state index < -0.39 is 5.97 Å². The number of carbonyl (C=O) groups is 2. The van der Waals surface area contributed by atoms with Gasteiger partial charge in [0.25, 0.3) is 0 Å². The summed E-state index contributed by atoms with van der Waals surface area (Å²) in [5.74, 6) is 0.181. The molecule has 1 rings (SSSR count). The van der Waals surface area contributed by atoms with Crippen LogP contribution in [0.15, 0.2) is 24.3 Å². The Morgan fingerprint density at radius 1 is 1.17 bits per heavy atom. The molecule has 0 aliphatic rings. The second-order valence-electron chi connectivity index (χ2n) is 3.85. The number of methoxy groups -OCH3 is 2. The molecule has 0 heterocycles. The van der Waals surface area contributed by atoms with Crippen LogP contribution in [0.5, 0.6) is 5.75 Å². The van der Waals surface area contributed by atoms with Crippen molar-refractivity contribution < 1.29 is 19.1 Å². The van der Waals surface area contributed by atoms with Gasteiger partial charge in [-0.2, -0.15) is 0 Å². The van der Waals surface area contributed by atoms with E-state index in [0.717, 1.165) is 11.3 Å². The molecule has 5 heteroatoms. The number of carbonyl (C=O) groups excluding carboxylic acids is 2. The Hall–Kier alpha value is -2.04.